The van der Waals surface area contributed by atoms with Crippen molar-refractivity contribution in [1.29, 1.82) is 0 Å². The summed E-state index contributed by atoms with van der Waals surface area (Å²) in [7, 11) is 0. The maximum absolute atomic E-state index is 3.62. The Bertz CT molecular complexity index is 339. The van der Waals surface area contributed by atoms with E-state index in [-0.39, 0.29) is 0 Å². The number of benzene rings is 1. The standard InChI is InChI=1S/C18H31N/c1-6-15(4)12-16(5)19-13-18-9-7-17(8-10-18)11-14(2)3/h7-10,14-16,19H,6,11-13H2,1-5H3. The van der Waals surface area contributed by atoms with Crippen LogP contribution in [0.25, 0.3) is 0 Å². The van der Waals surface area contributed by atoms with Gasteiger partial charge in [-0.25, -0.2) is 0 Å². The summed E-state index contributed by atoms with van der Waals surface area (Å²) in [4.78, 5) is 0. The molecular weight excluding hydrogens is 230 g/mol. The Morgan fingerprint density at radius 1 is 0.947 bits per heavy atom. The van der Waals surface area contributed by atoms with Crippen LogP contribution in [-0.4, -0.2) is 6.04 Å². The highest BCUT2D eigenvalue weighted by Gasteiger charge is 2.06. The van der Waals surface area contributed by atoms with E-state index in [0.29, 0.717) is 6.04 Å². The molecule has 0 radical (unpaired) electrons. The van der Waals surface area contributed by atoms with E-state index in [1.807, 2.05) is 0 Å². The Hall–Kier alpha value is -0.820. The average molecular weight is 261 g/mol. The minimum atomic E-state index is 0.602. The highest BCUT2D eigenvalue weighted by Crippen LogP contribution is 2.12. The fraction of sp³-hybridized carbons (Fsp3) is 0.667. The van der Waals surface area contributed by atoms with Crippen molar-refractivity contribution < 1.29 is 0 Å². The van der Waals surface area contributed by atoms with E-state index < -0.39 is 0 Å². The van der Waals surface area contributed by atoms with Crippen LogP contribution in [0.1, 0.15) is 58.6 Å². The van der Waals surface area contributed by atoms with Gasteiger partial charge in [-0.15, -0.1) is 0 Å². The summed E-state index contributed by atoms with van der Waals surface area (Å²) in [6, 6.07) is 9.68. The van der Waals surface area contributed by atoms with Gasteiger partial charge in [0.05, 0.1) is 0 Å². The van der Waals surface area contributed by atoms with Gasteiger partial charge < -0.3 is 5.32 Å². The van der Waals surface area contributed by atoms with Crippen molar-refractivity contribution in [3.05, 3.63) is 35.4 Å². The normalized spacial score (nSPS) is 14.6. The van der Waals surface area contributed by atoms with Crippen LogP contribution in [0.15, 0.2) is 24.3 Å². The second kappa shape index (κ2) is 8.37. The summed E-state index contributed by atoms with van der Waals surface area (Å²) >= 11 is 0. The van der Waals surface area contributed by atoms with Gasteiger partial charge in [-0.1, -0.05) is 58.4 Å². The molecule has 0 aliphatic heterocycles. The molecule has 1 N–H and O–H groups in total. The van der Waals surface area contributed by atoms with Crippen LogP contribution >= 0.6 is 0 Å². The summed E-state index contributed by atoms with van der Waals surface area (Å²) in [5, 5.41) is 3.62. The van der Waals surface area contributed by atoms with Crippen LogP contribution in [0.2, 0.25) is 0 Å². The zero-order valence-electron chi connectivity index (χ0n) is 13.4. The average Bonchev–Trinajstić information content (AvgIpc) is 2.37. The topological polar surface area (TPSA) is 12.0 Å². The van der Waals surface area contributed by atoms with Crippen molar-refractivity contribution in [2.45, 2.75) is 66.5 Å². The lowest BCUT2D eigenvalue weighted by molar-refractivity contribution is 0.412. The van der Waals surface area contributed by atoms with E-state index in [2.05, 4.69) is 64.2 Å². The molecule has 0 amide bonds. The minimum Gasteiger partial charge on any atom is -0.310 e. The lowest BCUT2D eigenvalue weighted by atomic mass is 10.00. The molecule has 19 heavy (non-hydrogen) atoms. The van der Waals surface area contributed by atoms with Gasteiger partial charge in [0.2, 0.25) is 0 Å². The van der Waals surface area contributed by atoms with E-state index in [1.165, 1.54) is 30.4 Å². The third kappa shape index (κ3) is 6.77. The van der Waals surface area contributed by atoms with Crippen LogP contribution in [0.5, 0.6) is 0 Å². The molecule has 0 aliphatic rings. The van der Waals surface area contributed by atoms with Crippen molar-refractivity contribution in [3.8, 4) is 0 Å². The van der Waals surface area contributed by atoms with Crippen molar-refractivity contribution in [1.82, 2.24) is 5.32 Å². The second-order valence-electron chi connectivity index (χ2n) is 6.45. The fourth-order valence-corrected chi connectivity index (χ4v) is 2.41. The third-order valence-corrected chi connectivity index (χ3v) is 3.77. The van der Waals surface area contributed by atoms with E-state index >= 15 is 0 Å². The van der Waals surface area contributed by atoms with Gasteiger partial charge in [0.1, 0.15) is 0 Å². The van der Waals surface area contributed by atoms with Crippen LogP contribution in [0.3, 0.4) is 0 Å². The molecule has 0 saturated heterocycles. The molecule has 108 valence electrons. The molecule has 0 aliphatic carbocycles. The van der Waals surface area contributed by atoms with Crippen molar-refractivity contribution in [2.24, 2.45) is 11.8 Å². The first kappa shape index (κ1) is 16.2. The smallest absolute Gasteiger partial charge is 0.0207 e. The summed E-state index contributed by atoms with van der Waals surface area (Å²) in [6.45, 7) is 12.4. The molecule has 1 nitrogen and oxygen atoms in total. The summed E-state index contributed by atoms with van der Waals surface area (Å²) in [5.74, 6) is 1.55. The van der Waals surface area contributed by atoms with Gasteiger partial charge in [-0.05, 0) is 42.7 Å². The number of hydrogen-bond donors (Lipinski definition) is 1. The van der Waals surface area contributed by atoms with E-state index in [9.17, 15) is 0 Å². The van der Waals surface area contributed by atoms with Crippen molar-refractivity contribution >= 4 is 0 Å². The molecule has 0 saturated carbocycles. The first-order chi connectivity index (χ1) is 9.01. The second-order valence-corrected chi connectivity index (χ2v) is 6.45. The predicted octanol–water partition coefficient (Wildman–Crippen LogP) is 4.80. The summed E-state index contributed by atoms with van der Waals surface area (Å²) in [5.41, 5.74) is 2.84. The quantitative estimate of drug-likeness (QED) is 0.709. The van der Waals surface area contributed by atoms with Gasteiger partial charge in [-0.3, -0.25) is 0 Å². The largest absolute Gasteiger partial charge is 0.310 e. The Labute approximate surface area is 119 Å². The third-order valence-electron chi connectivity index (χ3n) is 3.77. The Balaban J connectivity index is 2.37. The summed E-state index contributed by atoms with van der Waals surface area (Å²) < 4.78 is 0. The predicted molar refractivity (Wildman–Crippen MR) is 85.4 cm³/mol. The molecule has 0 aromatic heterocycles. The van der Waals surface area contributed by atoms with Crippen molar-refractivity contribution in [3.63, 3.8) is 0 Å². The molecule has 0 spiro atoms. The highest BCUT2D eigenvalue weighted by atomic mass is 14.9. The van der Waals surface area contributed by atoms with Gasteiger partial charge in [0.25, 0.3) is 0 Å². The molecule has 0 fully saturated rings. The fourth-order valence-electron chi connectivity index (χ4n) is 2.41. The van der Waals surface area contributed by atoms with Gasteiger partial charge >= 0.3 is 0 Å². The summed E-state index contributed by atoms with van der Waals surface area (Å²) in [6.07, 6.45) is 3.72. The number of rotatable bonds is 8. The SMILES string of the molecule is CCC(C)CC(C)NCc1ccc(CC(C)C)cc1. The molecule has 1 aromatic rings. The minimum absolute atomic E-state index is 0.602. The first-order valence-corrected chi connectivity index (χ1v) is 7.82. The maximum atomic E-state index is 3.62. The molecule has 0 heterocycles. The van der Waals surface area contributed by atoms with E-state index in [1.54, 1.807) is 0 Å². The number of hydrogen-bond acceptors (Lipinski definition) is 1. The van der Waals surface area contributed by atoms with Gasteiger partial charge in [0.15, 0.2) is 0 Å². The van der Waals surface area contributed by atoms with Crippen LogP contribution in [0, 0.1) is 11.8 Å². The Morgan fingerprint density at radius 3 is 2.05 bits per heavy atom. The zero-order valence-corrected chi connectivity index (χ0v) is 13.4. The lowest BCUT2D eigenvalue weighted by Gasteiger charge is -2.17. The molecule has 1 heteroatoms. The number of nitrogens with one attached hydrogen (secondary N) is 1. The maximum Gasteiger partial charge on any atom is 0.0207 e. The monoisotopic (exact) mass is 261 g/mol. The van der Waals surface area contributed by atoms with E-state index in [0.717, 1.165) is 18.4 Å². The molecule has 2 unspecified atom stereocenters. The highest BCUT2D eigenvalue weighted by molar-refractivity contribution is 5.22. The molecule has 1 aromatic carbocycles. The molecule has 0 bridgehead atoms. The van der Waals surface area contributed by atoms with Gasteiger partial charge in [-0.2, -0.15) is 0 Å². The van der Waals surface area contributed by atoms with E-state index in [4.69, 9.17) is 0 Å². The van der Waals surface area contributed by atoms with Crippen LogP contribution in [0.4, 0.5) is 0 Å². The molecule has 1 rings (SSSR count). The molecular formula is C18H31N. The Morgan fingerprint density at radius 2 is 1.53 bits per heavy atom. The van der Waals surface area contributed by atoms with Crippen molar-refractivity contribution in [2.75, 3.05) is 0 Å². The first-order valence-electron chi connectivity index (χ1n) is 7.82. The lowest BCUT2D eigenvalue weighted by Crippen LogP contribution is -2.27. The Kier molecular flexibility index (Phi) is 7.15. The molecule has 2 atom stereocenters. The van der Waals surface area contributed by atoms with Gasteiger partial charge in [0, 0.05) is 12.6 Å². The van der Waals surface area contributed by atoms with Crippen LogP contribution < -0.4 is 5.32 Å². The zero-order chi connectivity index (χ0) is 14.3. The van der Waals surface area contributed by atoms with Crippen LogP contribution in [-0.2, 0) is 13.0 Å².